The number of aryl methyl sites for hydroxylation is 1. The minimum absolute atomic E-state index is 0.0494. The Hall–Kier alpha value is -2.05. The summed E-state index contributed by atoms with van der Waals surface area (Å²) in [6, 6.07) is 9.88. The smallest absolute Gasteiger partial charge is 0.261 e. The lowest BCUT2D eigenvalue weighted by molar-refractivity contribution is -0.119. The van der Waals surface area contributed by atoms with Gasteiger partial charge in [0.1, 0.15) is 0 Å². The minimum Gasteiger partial charge on any atom is -0.311 e. The molecule has 4 rings (SSSR count). The zero-order valence-corrected chi connectivity index (χ0v) is 15.2. The van der Waals surface area contributed by atoms with E-state index in [0.717, 1.165) is 29.7 Å². The second-order valence-corrected chi connectivity index (χ2v) is 8.57. The highest BCUT2D eigenvalue weighted by atomic mass is 35.5. The molecule has 2 aliphatic heterocycles. The van der Waals surface area contributed by atoms with E-state index in [2.05, 4.69) is 4.72 Å². The third-order valence-corrected chi connectivity index (χ3v) is 6.38. The van der Waals surface area contributed by atoms with E-state index in [0.29, 0.717) is 17.3 Å². The monoisotopic (exact) mass is 376 g/mol. The molecule has 0 radical (unpaired) electrons. The van der Waals surface area contributed by atoms with Gasteiger partial charge in [-0.1, -0.05) is 17.7 Å². The lowest BCUT2D eigenvalue weighted by atomic mass is 9.97. The molecule has 0 aliphatic carbocycles. The van der Waals surface area contributed by atoms with E-state index in [-0.39, 0.29) is 16.7 Å². The van der Waals surface area contributed by atoms with Crippen LogP contribution in [0.25, 0.3) is 0 Å². The van der Waals surface area contributed by atoms with Gasteiger partial charge in [0.2, 0.25) is 5.91 Å². The second-order valence-electron chi connectivity index (χ2n) is 6.45. The normalized spacial score (nSPS) is 19.0. The zero-order valence-electron chi connectivity index (χ0n) is 13.6. The predicted octanol–water partition coefficient (Wildman–Crippen LogP) is 3.54. The van der Waals surface area contributed by atoms with Crippen molar-refractivity contribution in [3.05, 3.63) is 52.5 Å². The Balaban J connectivity index is 1.78. The maximum atomic E-state index is 12.8. The van der Waals surface area contributed by atoms with Crippen LogP contribution in [0.1, 0.15) is 30.4 Å². The molecule has 1 N–H and O–H groups in total. The fraction of sp³-hybridized carbons (Fsp3) is 0.278. The summed E-state index contributed by atoms with van der Waals surface area (Å²) < 4.78 is 28.2. The van der Waals surface area contributed by atoms with Crippen LogP contribution in [0.4, 0.5) is 11.4 Å². The van der Waals surface area contributed by atoms with E-state index in [4.69, 9.17) is 11.6 Å². The molecule has 0 fully saturated rings. The molecule has 0 saturated carbocycles. The number of hydrogen-bond acceptors (Lipinski definition) is 3. The number of carbonyl (C=O) groups excluding carboxylic acids is 1. The van der Waals surface area contributed by atoms with Gasteiger partial charge in [0.05, 0.1) is 22.2 Å². The number of sulfonamides is 1. The molecule has 2 heterocycles. The predicted molar refractivity (Wildman–Crippen MR) is 97.8 cm³/mol. The summed E-state index contributed by atoms with van der Waals surface area (Å²) in [6.45, 7) is 2.53. The lowest BCUT2D eigenvalue weighted by Gasteiger charge is -2.26. The van der Waals surface area contributed by atoms with E-state index in [1.807, 2.05) is 6.92 Å². The van der Waals surface area contributed by atoms with Gasteiger partial charge in [-0.25, -0.2) is 8.42 Å². The van der Waals surface area contributed by atoms with Crippen LogP contribution >= 0.6 is 11.6 Å². The van der Waals surface area contributed by atoms with Crippen LogP contribution in [0, 0.1) is 0 Å². The summed E-state index contributed by atoms with van der Waals surface area (Å²) >= 11 is 5.93. The highest BCUT2D eigenvalue weighted by Crippen LogP contribution is 2.44. The molecule has 2 aromatic carbocycles. The highest BCUT2D eigenvalue weighted by Gasteiger charge is 2.38. The van der Waals surface area contributed by atoms with Gasteiger partial charge in [-0.2, -0.15) is 0 Å². The first-order chi connectivity index (χ1) is 11.9. The second kappa shape index (κ2) is 5.75. The molecule has 2 aromatic rings. The number of benzene rings is 2. The molecule has 0 aromatic heterocycles. The van der Waals surface area contributed by atoms with Crippen molar-refractivity contribution in [1.82, 2.24) is 0 Å². The number of carbonyl (C=O) groups is 1. The summed E-state index contributed by atoms with van der Waals surface area (Å²) in [7, 11) is -3.76. The van der Waals surface area contributed by atoms with Gasteiger partial charge in [0.25, 0.3) is 10.0 Å². The number of anilines is 2. The fourth-order valence-electron chi connectivity index (χ4n) is 3.59. The van der Waals surface area contributed by atoms with Crippen molar-refractivity contribution in [3.63, 3.8) is 0 Å². The Morgan fingerprint density at radius 1 is 1.24 bits per heavy atom. The third kappa shape index (κ3) is 2.69. The lowest BCUT2D eigenvalue weighted by Crippen LogP contribution is -2.32. The van der Waals surface area contributed by atoms with Gasteiger partial charge in [0, 0.05) is 11.6 Å². The minimum atomic E-state index is -3.76. The SMILES string of the molecule is C[C@@H]1C(=O)N2CCCc3cc(S(=O)(=O)Nc4cccc(Cl)c4)cc1c32. The maximum absolute atomic E-state index is 12.8. The van der Waals surface area contributed by atoms with Gasteiger partial charge in [-0.05, 0) is 61.2 Å². The van der Waals surface area contributed by atoms with Crippen LogP contribution < -0.4 is 9.62 Å². The van der Waals surface area contributed by atoms with Crippen LogP contribution in [-0.2, 0) is 21.2 Å². The van der Waals surface area contributed by atoms with Crippen LogP contribution in [-0.4, -0.2) is 20.9 Å². The number of nitrogens with zero attached hydrogens (tertiary/aromatic N) is 1. The van der Waals surface area contributed by atoms with Crippen LogP contribution in [0.2, 0.25) is 5.02 Å². The Kier molecular flexibility index (Phi) is 3.77. The molecule has 2 aliphatic rings. The number of hydrogen-bond donors (Lipinski definition) is 1. The average Bonchev–Trinajstić information content (AvgIpc) is 2.81. The average molecular weight is 377 g/mol. The number of rotatable bonds is 3. The van der Waals surface area contributed by atoms with Crippen molar-refractivity contribution in [3.8, 4) is 0 Å². The molecule has 1 atom stereocenters. The first-order valence-corrected chi connectivity index (χ1v) is 9.99. The Morgan fingerprint density at radius 2 is 2.04 bits per heavy atom. The molecule has 5 nitrogen and oxygen atoms in total. The van der Waals surface area contributed by atoms with Gasteiger partial charge in [0.15, 0.2) is 0 Å². The van der Waals surface area contributed by atoms with E-state index in [1.54, 1.807) is 41.3 Å². The number of nitrogens with one attached hydrogen (secondary N) is 1. The van der Waals surface area contributed by atoms with Crippen molar-refractivity contribution >= 4 is 38.9 Å². The standard InChI is InChI=1S/C18H17ClN2O3S/c1-11-16-10-15(8-12-4-3-7-21(17(12)16)18(11)22)25(23,24)20-14-6-2-5-13(19)9-14/h2,5-6,8-11,20H,3-4,7H2,1H3/t11-/m0/s1. The number of halogens is 1. The molecule has 25 heavy (non-hydrogen) atoms. The van der Waals surface area contributed by atoms with Gasteiger partial charge in [-0.3, -0.25) is 9.52 Å². The van der Waals surface area contributed by atoms with Crippen molar-refractivity contribution in [2.24, 2.45) is 0 Å². The molecular formula is C18H17ClN2O3S. The molecule has 0 spiro atoms. The molecule has 130 valence electrons. The molecule has 1 amide bonds. The van der Waals surface area contributed by atoms with Crippen LogP contribution in [0.15, 0.2) is 41.3 Å². The van der Waals surface area contributed by atoms with Crippen LogP contribution in [0.3, 0.4) is 0 Å². The molecular weight excluding hydrogens is 360 g/mol. The van der Waals surface area contributed by atoms with E-state index in [1.165, 1.54) is 0 Å². The largest absolute Gasteiger partial charge is 0.311 e. The van der Waals surface area contributed by atoms with Gasteiger partial charge in [-0.15, -0.1) is 0 Å². The zero-order chi connectivity index (χ0) is 17.8. The fourth-order valence-corrected chi connectivity index (χ4v) is 4.91. The van der Waals surface area contributed by atoms with E-state index in [9.17, 15) is 13.2 Å². The first-order valence-electron chi connectivity index (χ1n) is 8.13. The Morgan fingerprint density at radius 3 is 2.80 bits per heavy atom. The van der Waals surface area contributed by atoms with E-state index < -0.39 is 10.0 Å². The quantitative estimate of drug-likeness (QED) is 0.890. The summed E-state index contributed by atoms with van der Waals surface area (Å²) in [5.41, 5.74) is 3.04. The van der Waals surface area contributed by atoms with Gasteiger partial charge < -0.3 is 4.90 Å². The first kappa shape index (κ1) is 16.4. The molecule has 0 saturated heterocycles. The van der Waals surface area contributed by atoms with E-state index >= 15 is 0 Å². The summed E-state index contributed by atoms with van der Waals surface area (Å²) in [4.78, 5) is 14.4. The summed E-state index contributed by atoms with van der Waals surface area (Å²) in [6.07, 6.45) is 1.62. The number of amides is 1. The van der Waals surface area contributed by atoms with Crippen molar-refractivity contribution in [2.45, 2.75) is 30.6 Å². The molecule has 7 heteroatoms. The maximum Gasteiger partial charge on any atom is 0.261 e. The summed E-state index contributed by atoms with van der Waals surface area (Å²) in [5.74, 6) is -0.263. The Labute approximate surface area is 151 Å². The third-order valence-electron chi connectivity index (χ3n) is 4.78. The van der Waals surface area contributed by atoms with Crippen molar-refractivity contribution < 1.29 is 13.2 Å². The van der Waals surface area contributed by atoms with Crippen molar-refractivity contribution in [1.29, 1.82) is 0 Å². The Bertz CT molecular complexity index is 988. The summed E-state index contributed by atoms with van der Waals surface area (Å²) in [5, 5.41) is 0.458. The topological polar surface area (TPSA) is 66.5 Å². The van der Waals surface area contributed by atoms with Crippen LogP contribution in [0.5, 0.6) is 0 Å². The van der Waals surface area contributed by atoms with Crippen molar-refractivity contribution in [2.75, 3.05) is 16.2 Å². The highest BCUT2D eigenvalue weighted by molar-refractivity contribution is 7.92. The molecule has 0 bridgehead atoms. The van der Waals surface area contributed by atoms with Gasteiger partial charge >= 0.3 is 0 Å². The molecule has 0 unspecified atom stereocenters.